The topological polar surface area (TPSA) is 36.9 Å². The van der Waals surface area contributed by atoms with Crippen molar-refractivity contribution in [2.45, 2.75) is 13.8 Å². The summed E-state index contributed by atoms with van der Waals surface area (Å²) >= 11 is 0. The van der Waals surface area contributed by atoms with Gasteiger partial charge < -0.3 is 18.9 Å². The van der Waals surface area contributed by atoms with Gasteiger partial charge in [0.25, 0.3) is 0 Å². The van der Waals surface area contributed by atoms with Crippen LogP contribution in [0.15, 0.2) is 42.5 Å². The summed E-state index contributed by atoms with van der Waals surface area (Å²) in [6.45, 7) is 4.82. The minimum atomic E-state index is 0.413. The number of aryl methyl sites for hydroxylation is 1. The molecular weight excluding hydrogens is 304 g/mol. The third-order valence-electron chi connectivity index (χ3n) is 3.46. The first kappa shape index (κ1) is 17.7. The summed E-state index contributed by atoms with van der Waals surface area (Å²) in [5.74, 6) is 2.84. The molecule has 0 bridgehead atoms. The molecule has 0 aliphatic heterocycles. The maximum atomic E-state index is 5.77. The number of rotatable bonds is 8. The van der Waals surface area contributed by atoms with E-state index in [4.69, 9.17) is 18.9 Å². The van der Waals surface area contributed by atoms with Crippen LogP contribution in [-0.2, 0) is 0 Å². The lowest BCUT2D eigenvalue weighted by molar-refractivity contribution is 0.206. The van der Waals surface area contributed by atoms with Crippen LogP contribution in [0.3, 0.4) is 0 Å². The Morgan fingerprint density at radius 1 is 0.792 bits per heavy atom. The van der Waals surface area contributed by atoms with Crippen LogP contribution in [0.25, 0.3) is 6.08 Å². The number of hydrogen-bond acceptors (Lipinski definition) is 4. The molecule has 0 saturated carbocycles. The van der Waals surface area contributed by atoms with Crippen molar-refractivity contribution in [3.63, 3.8) is 0 Å². The van der Waals surface area contributed by atoms with Gasteiger partial charge in [-0.15, -0.1) is 0 Å². The number of ether oxygens (including phenoxy) is 4. The molecule has 0 fully saturated rings. The zero-order chi connectivity index (χ0) is 17.4. The highest BCUT2D eigenvalue weighted by Gasteiger charge is 2.07. The predicted octanol–water partition coefficient (Wildman–Crippen LogP) is 4.50. The van der Waals surface area contributed by atoms with Crippen molar-refractivity contribution in [1.29, 1.82) is 0 Å². The maximum Gasteiger partial charge on any atom is 0.161 e. The molecule has 24 heavy (non-hydrogen) atoms. The third-order valence-corrected chi connectivity index (χ3v) is 3.46. The summed E-state index contributed by atoms with van der Waals surface area (Å²) in [4.78, 5) is 0. The second-order valence-corrected chi connectivity index (χ2v) is 5.26. The third kappa shape index (κ3) is 4.69. The van der Waals surface area contributed by atoms with Crippen molar-refractivity contribution < 1.29 is 18.9 Å². The molecule has 2 rings (SSSR count). The van der Waals surface area contributed by atoms with E-state index in [-0.39, 0.29) is 0 Å². The number of methoxy groups -OCH3 is 2. The molecule has 2 aromatic rings. The molecule has 0 radical (unpaired) electrons. The molecule has 0 spiro atoms. The van der Waals surface area contributed by atoms with E-state index in [1.165, 1.54) is 0 Å². The first-order valence-electron chi connectivity index (χ1n) is 7.89. The van der Waals surface area contributed by atoms with Crippen LogP contribution in [0.1, 0.15) is 18.1 Å². The highest BCUT2D eigenvalue weighted by molar-refractivity contribution is 5.55. The summed E-state index contributed by atoms with van der Waals surface area (Å²) in [6.07, 6.45) is 4.00. The molecule has 2 aromatic carbocycles. The lowest BCUT2D eigenvalue weighted by Crippen LogP contribution is -2.10. The van der Waals surface area contributed by atoms with E-state index in [9.17, 15) is 0 Å². The molecule has 4 heteroatoms. The largest absolute Gasteiger partial charge is 0.493 e. The Morgan fingerprint density at radius 2 is 1.38 bits per heavy atom. The first-order valence-corrected chi connectivity index (χ1v) is 7.89. The predicted molar refractivity (Wildman–Crippen MR) is 96.4 cm³/mol. The summed E-state index contributed by atoms with van der Waals surface area (Å²) in [6, 6.07) is 11.7. The van der Waals surface area contributed by atoms with Crippen molar-refractivity contribution in [2.75, 3.05) is 27.4 Å². The molecular formula is C20H24O4. The Labute approximate surface area is 143 Å². The van der Waals surface area contributed by atoms with Gasteiger partial charge in [0.2, 0.25) is 0 Å². The van der Waals surface area contributed by atoms with Crippen LogP contribution >= 0.6 is 0 Å². The Hall–Kier alpha value is -2.62. The summed E-state index contributed by atoms with van der Waals surface area (Å²) in [5, 5.41) is 0. The van der Waals surface area contributed by atoms with Crippen LogP contribution in [0.4, 0.5) is 0 Å². The van der Waals surface area contributed by atoms with Crippen LogP contribution in [0.2, 0.25) is 0 Å². The minimum Gasteiger partial charge on any atom is -0.493 e. The number of hydrogen-bond donors (Lipinski definition) is 0. The highest BCUT2D eigenvalue weighted by atomic mass is 16.5. The molecule has 4 nitrogen and oxygen atoms in total. The van der Waals surface area contributed by atoms with Crippen LogP contribution in [0, 0.1) is 6.92 Å². The second-order valence-electron chi connectivity index (χ2n) is 5.26. The van der Waals surface area contributed by atoms with Crippen molar-refractivity contribution in [1.82, 2.24) is 0 Å². The first-order chi connectivity index (χ1) is 11.7. The van der Waals surface area contributed by atoms with E-state index in [1.807, 2.05) is 62.4 Å². The molecule has 0 aliphatic rings. The van der Waals surface area contributed by atoms with Crippen LogP contribution < -0.4 is 18.9 Å². The van der Waals surface area contributed by atoms with Gasteiger partial charge in [-0.1, -0.05) is 24.3 Å². The highest BCUT2D eigenvalue weighted by Crippen LogP contribution is 2.29. The fourth-order valence-corrected chi connectivity index (χ4v) is 2.30. The van der Waals surface area contributed by atoms with Gasteiger partial charge in [-0.05, 0) is 49.2 Å². The lowest BCUT2D eigenvalue weighted by atomic mass is 10.2. The zero-order valence-corrected chi connectivity index (χ0v) is 14.7. The summed E-state index contributed by atoms with van der Waals surface area (Å²) in [7, 11) is 3.27. The minimum absolute atomic E-state index is 0.413. The number of allylic oxidation sites excluding steroid dienone is 1. The monoisotopic (exact) mass is 328 g/mol. The molecule has 0 saturated heterocycles. The smallest absolute Gasteiger partial charge is 0.161 e. The Bertz CT molecular complexity index is 692. The Balaban J connectivity index is 1.93. The SMILES string of the molecule is C/C=C/c1ccc(OCCOc2ccc(C)cc2OC)c(OC)c1. The Morgan fingerprint density at radius 3 is 1.96 bits per heavy atom. The van der Waals surface area contributed by atoms with Gasteiger partial charge in [-0.3, -0.25) is 0 Å². The van der Waals surface area contributed by atoms with Gasteiger partial charge in [-0.2, -0.15) is 0 Å². The van der Waals surface area contributed by atoms with Gasteiger partial charge in [0.1, 0.15) is 13.2 Å². The van der Waals surface area contributed by atoms with Crippen molar-refractivity contribution in [3.05, 3.63) is 53.6 Å². The molecule has 128 valence electrons. The van der Waals surface area contributed by atoms with E-state index in [2.05, 4.69) is 0 Å². The fourth-order valence-electron chi connectivity index (χ4n) is 2.30. The molecule has 0 aliphatic carbocycles. The molecule has 0 aromatic heterocycles. The van der Waals surface area contributed by atoms with E-state index in [0.717, 1.165) is 16.9 Å². The van der Waals surface area contributed by atoms with Crippen LogP contribution in [-0.4, -0.2) is 27.4 Å². The van der Waals surface area contributed by atoms with Gasteiger partial charge in [0.15, 0.2) is 23.0 Å². The normalized spacial score (nSPS) is 10.7. The van der Waals surface area contributed by atoms with Gasteiger partial charge in [-0.25, -0.2) is 0 Å². The maximum absolute atomic E-state index is 5.77. The lowest BCUT2D eigenvalue weighted by Gasteiger charge is -2.13. The molecule has 0 N–H and O–H groups in total. The standard InChI is InChI=1S/C20H24O4/c1-5-6-16-8-10-18(20(14-16)22-4)24-12-11-23-17-9-7-15(2)13-19(17)21-3/h5-10,13-14H,11-12H2,1-4H3/b6-5+. The quantitative estimate of drug-likeness (QED) is 0.669. The van der Waals surface area contributed by atoms with E-state index < -0.39 is 0 Å². The molecule has 0 heterocycles. The average Bonchev–Trinajstić information content (AvgIpc) is 2.60. The van der Waals surface area contributed by atoms with Crippen LogP contribution in [0.5, 0.6) is 23.0 Å². The van der Waals surface area contributed by atoms with Crippen molar-refractivity contribution in [2.24, 2.45) is 0 Å². The van der Waals surface area contributed by atoms with Gasteiger partial charge in [0.05, 0.1) is 14.2 Å². The molecule has 0 atom stereocenters. The summed E-state index contributed by atoms with van der Waals surface area (Å²) < 4.78 is 22.2. The van der Waals surface area contributed by atoms with Gasteiger partial charge >= 0.3 is 0 Å². The Kier molecular flexibility index (Phi) is 6.55. The van der Waals surface area contributed by atoms with E-state index >= 15 is 0 Å². The zero-order valence-electron chi connectivity index (χ0n) is 14.7. The molecule has 0 amide bonds. The van der Waals surface area contributed by atoms with Crippen molar-refractivity contribution >= 4 is 6.08 Å². The summed E-state index contributed by atoms with van der Waals surface area (Å²) in [5.41, 5.74) is 2.20. The van der Waals surface area contributed by atoms with E-state index in [0.29, 0.717) is 30.5 Å². The number of benzene rings is 2. The molecule has 0 unspecified atom stereocenters. The second kappa shape index (κ2) is 8.87. The van der Waals surface area contributed by atoms with Crippen molar-refractivity contribution in [3.8, 4) is 23.0 Å². The van der Waals surface area contributed by atoms with E-state index in [1.54, 1.807) is 14.2 Å². The van der Waals surface area contributed by atoms with Gasteiger partial charge in [0, 0.05) is 0 Å². The fraction of sp³-hybridized carbons (Fsp3) is 0.300. The average molecular weight is 328 g/mol.